The van der Waals surface area contributed by atoms with E-state index in [2.05, 4.69) is 9.97 Å². The number of carbonyl (C=O) groups excluding carboxylic acids is 1. The number of benzene rings is 3. The lowest BCUT2D eigenvalue weighted by atomic mass is 10.2. The lowest BCUT2D eigenvalue weighted by Crippen LogP contribution is -2.14. The van der Waals surface area contributed by atoms with Crippen LogP contribution < -0.4 is 5.73 Å². The third kappa shape index (κ3) is 5.00. The second kappa shape index (κ2) is 10.3. The van der Waals surface area contributed by atoms with Gasteiger partial charge in [-0.05, 0) is 31.2 Å². The maximum absolute atomic E-state index is 13.7. The number of ether oxygens (including phenoxy) is 1. The van der Waals surface area contributed by atoms with Crippen LogP contribution in [0.25, 0.3) is 22.2 Å². The van der Waals surface area contributed by atoms with Crippen molar-refractivity contribution in [1.29, 1.82) is 0 Å². The minimum Gasteiger partial charge on any atom is -0.460 e. The third-order valence-corrected chi connectivity index (χ3v) is 8.09. The molecule has 0 spiro atoms. The van der Waals surface area contributed by atoms with E-state index in [4.69, 9.17) is 10.5 Å². The number of carbonyl (C=O) groups is 1. The molecule has 0 saturated heterocycles. The van der Waals surface area contributed by atoms with Crippen molar-refractivity contribution in [2.24, 2.45) is 0 Å². The molecule has 2 heterocycles. The number of nitrogens with two attached hydrogens (primary N) is 1. The van der Waals surface area contributed by atoms with Gasteiger partial charge in [-0.1, -0.05) is 29.8 Å². The Labute approximate surface area is 231 Å². The van der Waals surface area contributed by atoms with Crippen LogP contribution in [-0.2, 0) is 21.1 Å². The molecular formula is C26H20N6O8S. The van der Waals surface area contributed by atoms with Crippen LogP contribution in [0.1, 0.15) is 15.9 Å². The summed E-state index contributed by atoms with van der Waals surface area (Å²) in [5, 5.41) is 22.3. The van der Waals surface area contributed by atoms with E-state index in [1.165, 1.54) is 16.7 Å². The predicted octanol–water partition coefficient (Wildman–Crippen LogP) is 3.98. The summed E-state index contributed by atoms with van der Waals surface area (Å²) in [4.78, 5) is 42.1. The predicted molar refractivity (Wildman–Crippen MR) is 146 cm³/mol. The highest BCUT2D eigenvalue weighted by Gasteiger charge is 2.30. The van der Waals surface area contributed by atoms with Gasteiger partial charge in [0.25, 0.3) is 11.4 Å². The van der Waals surface area contributed by atoms with E-state index in [-0.39, 0.29) is 39.9 Å². The molecule has 0 atom stereocenters. The molecule has 208 valence electrons. The fraction of sp³-hybridized carbons (Fsp3) is 0.115. The number of aryl methyl sites for hydroxylation is 1. The van der Waals surface area contributed by atoms with Crippen LogP contribution in [0.5, 0.6) is 0 Å². The molecule has 14 nitrogen and oxygen atoms in total. The molecule has 0 aliphatic carbocycles. The largest absolute Gasteiger partial charge is 0.460 e. The zero-order valence-corrected chi connectivity index (χ0v) is 22.1. The SMILES string of the molecule is Cc1ccc(S(=O)(=O)c2c(N)n(CCOC(=O)c3cc([N+](=O)[O-])cc([N+](=O)[O-])c3)c3nc4ccccc4nc23)cc1. The molecule has 0 unspecified atom stereocenters. The van der Waals surface area contributed by atoms with Gasteiger partial charge in [-0.3, -0.25) is 20.2 Å². The van der Waals surface area contributed by atoms with Gasteiger partial charge < -0.3 is 15.0 Å². The van der Waals surface area contributed by atoms with Gasteiger partial charge in [-0.15, -0.1) is 0 Å². The van der Waals surface area contributed by atoms with Crippen molar-refractivity contribution in [3.8, 4) is 0 Å². The van der Waals surface area contributed by atoms with Crippen LogP contribution in [0.3, 0.4) is 0 Å². The number of esters is 1. The highest BCUT2D eigenvalue weighted by Crippen LogP contribution is 2.35. The van der Waals surface area contributed by atoms with E-state index >= 15 is 0 Å². The quantitative estimate of drug-likeness (QED) is 0.159. The molecule has 41 heavy (non-hydrogen) atoms. The van der Waals surface area contributed by atoms with Gasteiger partial charge in [-0.2, -0.15) is 0 Å². The molecular weight excluding hydrogens is 556 g/mol. The van der Waals surface area contributed by atoms with E-state index in [0.29, 0.717) is 11.0 Å². The summed E-state index contributed by atoms with van der Waals surface area (Å²) in [5.74, 6) is -1.24. The fourth-order valence-corrected chi connectivity index (χ4v) is 5.76. The smallest absolute Gasteiger partial charge is 0.338 e. The zero-order valence-electron chi connectivity index (χ0n) is 21.3. The molecule has 15 heteroatoms. The summed E-state index contributed by atoms with van der Waals surface area (Å²) in [6, 6.07) is 15.5. The summed E-state index contributed by atoms with van der Waals surface area (Å²) >= 11 is 0. The minimum atomic E-state index is -4.15. The molecule has 0 bridgehead atoms. The average Bonchev–Trinajstić information content (AvgIpc) is 3.22. The zero-order chi connectivity index (χ0) is 29.5. The Morgan fingerprint density at radius 2 is 1.54 bits per heavy atom. The average molecular weight is 577 g/mol. The van der Waals surface area contributed by atoms with Gasteiger partial charge in [-0.25, -0.2) is 23.2 Å². The summed E-state index contributed by atoms with van der Waals surface area (Å²) in [5.41, 5.74) is 6.61. The van der Waals surface area contributed by atoms with Gasteiger partial charge in [0.05, 0.1) is 44.0 Å². The first-order chi connectivity index (χ1) is 19.5. The maximum Gasteiger partial charge on any atom is 0.338 e. The van der Waals surface area contributed by atoms with Gasteiger partial charge in [0.1, 0.15) is 22.8 Å². The summed E-state index contributed by atoms with van der Waals surface area (Å²) in [6.07, 6.45) is 0. The van der Waals surface area contributed by atoms with E-state index in [1.54, 1.807) is 36.4 Å². The highest BCUT2D eigenvalue weighted by molar-refractivity contribution is 7.92. The molecule has 3 aromatic carbocycles. The number of aromatic nitrogens is 3. The number of non-ortho nitro benzene ring substituents is 2. The Balaban J connectivity index is 1.53. The molecule has 2 aromatic heterocycles. The minimum absolute atomic E-state index is 0.00232. The molecule has 0 fully saturated rings. The van der Waals surface area contributed by atoms with Crippen LogP contribution >= 0.6 is 0 Å². The summed E-state index contributed by atoms with van der Waals surface area (Å²) < 4.78 is 34.0. The normalized spacial score (nSPS) is 11.5. The lowest BCUT2D eigenvalue weighted by Gasteiger charge is -2.09. The molecule has 0 aliphatic rings. The number of nitrogen functional groups attached to an aromatic ring is 1. The van der Waals surface area contributed by atoms with Crippen molar-refractivity contribution in [3.63, 3.8) is 0 Å². The number of nitro benzene ring substituents is 2. The Morgan fingerprint density at radius 3 is 2.12 bits per heavy atom. The molecule has 0 saturated carbocycles. The fourth-order valence-electron chi connectivity index (χ4n) is 4.25. The van der Waals surface area contributed by atoms with Crippen molar-refractivity contribution in [2.45, 2.75) is 23.3 Å². The van der Waals surface area contributed by atoms with Gasteiger partial charge >= 0.3 is 5.97 Å². The first kappa shape index (κ1) is 27.1. The first-order valence-corrected chi connectivity index (χ1v) is 13.4. The van der Waals surface area contributed by atoms with E-state index < -0.39 is 42.6 Å². The number of para-hydroxylation sites is 2. The number of anilines is 1. The third-order valence-electron chi connectivity index (χ3n) is 6.25. The van der Waals surface area contributed by atoms with E-state index in [9.17, 15) is 33.4 Å². The van der Waals surface area contributed by atoms with Crippen molar-refractivity contribution in [2.75, 3.05) is 12.3 Å². The Bertz CT molecular complexity index is 1960. The molecule has 2 N–H and O–H groups in total. The van der Waals surface area contributed by atoms with Crippen molar-refractivity contribution >= 4 is 55.2 Å². The standard InChI is InChI=1S/C26H20N6O8S/c1-15-6-8-19(9-7-15)41(38,39)23-22-25(29-21-5-3-2-4-20(21)28-22)30(24(23)27)10-11-40-26(33)16-12-17(31(34)35)14-18(13-16)32(36)37/h2-9,12-14H,10-11,27H2,1H3. The summed E-state index contributed by atoms with van der Waals surface area (Å²) in [6.45, 7) is 1.28. The van der Waals surface area contributed by atoms with Gasteiger partial charge in [0.2, 0.25) is 9.84 Å². The number of fused-ring (bicyclic) bond motifs is 2. The number of nitro groups is 2. The van der Waals surface area contributed by atoms with Crippen LogP contribution in [0.4, 0.5) is 17.2 Å². The molecule has 0 aliphatic heterocycles. The number of hydrogen-bond donors (Lipinski definition) is 1. The Hall–Kier alpha value is -5.44. The number of nitrogens with zero attached hydrogens (tertiary/aromatic N) is 5. The Kier molecular flexibility index (Phi) is 6.80. The van der Waals surface area contributed by atoms with Gasteiger partial charge in [0, 0.05) is 12.1 Å². The molecule has 0 radical (unpaired) electrons. The Morgan fingerprint density at radius 1 is 0.951 bits per heavy atom. The number of rotatable bonds is 8. The summed E-state index contributed by atoms with van der Waals surface area (Å²) in [7, 11) is -4.15. The van der Waals surface area contributed by atoms with Crippen molar-refractivity contribution in [1.82, 2.24) is 14.5 Å². The van der Waals surface area contributed by atoms with Crippen molar-refractivity contribution < 1.29 is 27.8 Å². The van der Waals surface area contributed by atoms with Crippen LogP contribution in [0.15, 0.2) is 76.5 Å². The first-order valence-electron chi connectivity index (χ1n) is 11.9. The highest BCUT2D eigenvalue weighted by atomic mass is 32.2. The maximum atomic E-state index is 13.7. The van der Waals surface area contributed by atoms with Crippen LogP contribution in [-0.4, -0.2) is 45.4 Å². The van der Waals surface area contributed by atoms with E-state index in [1.807, 2.05) is 6.92 Å². The van der Waals surface area contributed by atoms with E-state index in [0.717, 1.165) is 23.8 Å². The van der Waals surface area contributed by atoms with Crippen LogP contribution in [0, 0.1) is 27.2 Å². The topological polar surface area (TPSA) is 203 Å². The lowest BCUT2D eigenvalue weighted by molar-refractivity contribution is -0.394. The van der Waals surface area contributed by atoms with Gasteiger partial charge in [0.15, 0.2) is 5.65 Å². The second-order valence-electron chi connectivity index (χ2n) is 8.96. The monoisotopic (exact) mass is 576 g/mol. The number of hydrogen-bond acceptors (Lipinski definition) is 11. The second-order valence-corrected chi connectivity index (χ2v) is 10.8. The van der Waals surface area contributed by atoms with Crippen molar-refractivity contribution in [3.05, 3.63) is 98.1 Å². The molecule has 0 amide bonds. The molecule has 5 rings (SSSR count). The number of sulfone groups is 1. The molecule has 5 aromatic rings. The van der Waals surface area contributed by atoms with Crippen LogP contribution in [0.2, 0.25) is 0 Å².